The number of carbonyl (C=O) groups is 1. The quantitative estimate of drug-likeness (QED) is 0.838. The summed E-state index contributed by atoms with van der Waals surface area (Å²) in [6.07, 6.45) is 2.33. The fourth-order valence-electron chi connectivity index (χ4n) is 3.03. The third-order valence-corrected chi connectivity index (χ3v) is 4.03. The molecular formula is C17H27ClN2O2. The fourth-order valence-corrected chi connectivity index (χ4v) is 3.03. The van der Waals surface area contributed by atoms with Crippen molar-refractivity contribution in [3.05, 3.63) is 29.8 Å². The molecule has 0 radical (unpaired) electrons. The number of halogens is 1. The first-order valence-electron chi connectivity index (χ1n) is 7.64. The van der Waals surface area contributed by atoms with E-state index in [0.29, 0.717) is 23.7 Å². The van der Waals surface area contributed by atoms with E-state index < -0.39 is 0 Å². The van der Waals surface area contributed by atoms with Crippen molar-refractivity contribution >= 4 is 24.0 Å². The van der Waals surface area contributed by atoms with Crippen LogP contribution in [0, 0.1) is 11.3 Å². The van der Waals surface area contributed by atoms with E-state index in [1.807, 2.05) is 12.1 Å². The lowest BCUT2D eigenvalue weighted by Crippen LogP contribution is -2.45. The number of nitrogens with one attached hydrogen (secondary N) is 1. The van der Waals surface area contributed by atoms with Crippen molar-refractivity contribution in [2.45, 2.75) is 39.7 Å². The Balaban J connectivity index is 0.00000242. The first-order valence-corrected chi connectivity index (χ1v) is 7.64. The van der Waals surface area contributed by atoms with Gasteiger partial charge in [0.2, 0.25) is 0 Å². The Morgan fingerprint density at radius 2 is 2.05 bits per heavy atom. The van der Waals surface area contributed by atoms with Crippen LogP contribution in [0.2, 0.25) is 0 Å². The summed E-state index contributed by atoms with van der Waals surface area (Å²) in [6.45, 7) is 8.01. The number of rotatable bonds is 3. The number of para-hydroxylation sites is 1. The predicted octanol–water partition coefficient (Wildman–Crippen LogP) is 3.26. The summed E-state index contributed by atoms with van der Waals surface area (Å²) in [4.78, 5) is 12.2. The average Bonchev–Trinajstić information content (AvgIpc) is 2.44. The Morgan fingerprint density at radius 1 is 1.36 bits per heavy atom. The third-order valence-electron chi connectivity index (χ3n) is 4.03. The first-order chi connectivity index (χ1) is 9.89. The van der Waals surface area contributed by atoms with Gasteiger partial charge in [-0.15, -0.1) is 12.4 Å². The molecule has 3 N–H and O–H groups in total. The first kappa shape index (κ1) is 18.8. The van der Waals surface area contributed by atoms with Gasteiger partial charge in [0.25, 0.3) is 5.91 Å². The van der Waals surface area contributed by atoms with Crippen LogP contribution in [0.25, 0.3) is 0 Å². The van der Waals surface area contributed by atoms with Crippen molar-refractivity contribution in [2.24, 2.45) is 11.3 Å². The second-order valence-corrected chi connectivity index (χ2v) is 6.86. The van der Waals surface area contributed by atoms with Crippen molar-refractivity contribution in [3.63, 3.8) is 0 Å². The van der Waals surface area contributed by atoms with Gasteiger partial charge in [0.15, 0.2) is 0 Å². The zero-order valence-electron chi connectivity index (χ0n) is 13.6. The fraction of sp³-hybridized carbons (Fsp3) is 0.588. The summed E-state index contributed by atoms with van der Waals surface area (Å²) >= 11 is 0. The standard InChI is InChI=1S/C17H26N2O2.ClH/c1-17(2,3)15-12(7-6-10-21-15)11-19-16(20)13-8-4-5-9-14(13)18;/h4-5,8-9,12,15H,6-7,10-11,18H2,1-3H3,(H,19,20);1H. The van der Waals surface area contributed by atoms with Crippen LogP contribution in [0.15, 0.2) is 24.3 Å². The number of benzene rings is 1. The van der Waals surface area contributed by atoms with Gasteiger partial charge in [0.05, 0.1) is 11.7 Å². The lowest BCUT2D eigenvalue weighted by molar-refractivity contribution is -0.0839. The molecule has 1 amide bonds. The molecule has 1 fully saturated rings. The van der Waals surface area contributed by atoms with E-state index in [9.17, 15) is 4.79 Å². The highest BCUT2D eigenvalue weighted by Crippen LogP contribution is 2.33. The molecule has 0 bridgehead atoms. The molecule has 124 valence electrons. The molecule has 1 saturated heterocycles. The Morgan fingerprint density at radius 3 is 2.68 bits per heavy atom. The topological polar surface area (TPSA) is 64.3 Å². The Labute approximate surface area is 139 Å². The molecule has 1 aliphatic heterocycles. The number of ether oxygens (including phenoxy) is 1. The van der Waals surface area contributed by atoms with E-state index in [1.54, 1.807) is 12.1 Å². The van der Waals surface area contributed by atoms with Crippen molar-refractivity contribution in [1.82, 2.24) is 5.32 Å². The Bertz CT molecular complexity index is 500. The van der Waals surface area contributed by atoms with Gasteiger partial charge in [0, 0.05) is 24.8 Å². The minimum atomic E-state index is -0.105. The molecule has 0 spiro atoms. The van der Waals surface area contributed by atoms with E-state index in [-0.39, 0.29) is 29.8 Å². The number of amides is 1. The number of hydrogen-bond donors (Lipinski definition) is 2. The largest absolute Gasteiger partial charge is 0.398 e. The number of carbonyl (C=O) groups excluding carboxylic acids is 1. The summed E-state index contributed by atoms with van der Waals surface area (Å²) in [5.74, 6) is 0.249. The number of anilines is 1. The summed E-state index contributed by atoms with van der Waals surface area (Å²) in [7, 11) is 0. The van der Waals surface area contributed by atoms with Gasteiger partial charge >= 0.3 is 0 Å². The maximum absolute atomic E-state index is 12.2. The second kappa shape index (κ2) is 7.84. The van der Waals surface area contributed by atoms with Crippen LogP contribution >= 0.6 is 12.4 Å². The van der Waals surface area contributed by atoms with Gasteiger partial charge in [-0.2, -0.15) is 0 Å². The molecule has 0 aromatic heterocycles. The highest BCUT2D eigenvalue weighted by atomic mass is 35.5. The summed E-state index contributed by atoms with van der Waals surface area (Å²) in [5, 5.41) is 3.01. The maximum Gasteiger partial charge on any atom is 0.253 e. The zero-order valence-corrected chi connectivity index (χ0v) is 14.4. The molecule has 1 aromatic carbocycles. The summed E-state index contributed by atoms with van der Waals surface area (Å²) in [6, 6.07) is 7.16. The van der Waals surface area contributed by atoms with Crippen LogP contribution in [-0.4, -0.2) is 25.2 Å². The summed E-state index contributed by atoms with van der Waals surface area (Å²) < 4.78 is 5.94. The van der Waals surface area contributed by atoms with E-state index in [0.717, 1.165) is 19.4 Å². The van der Waals surface area contributed by atoms with Gasteiger partial charge in [-0.25, -0.2) is 0 Å². The molecule has 1 aromatic rings. The molecule has 0 saturated carbocycles. The van der Waals surface area contributed by atoms with Gasteiger partial charge < -0.3 is 15.8 Å². The zero-order chi connectivity index (χ0) is 15.5. The van der Waals surface area contributed by atoms with Crippen LogP contribution in [0.5, 0.6) is 0 Å². The number of nitrogen functional groups attached to an aromatic ring is 1. The second-order valence-electron chi connectivity index (χ2n) is 6.86. The molecule has 1 heterocycles. The molecule has 0 aliphatic carbocycles. The van der Waals surface area contributed by atoms with Gasteiger partial charge in [-0.05, 0) is 30.4 Å². The SMILES string of the molecule is CC(C)(C)C1OCCCC1CNC(=O)c1ccccc1N.Cl. The van der Waals surface area contributed by atoms with Crippen molar-refractivity contribution in [1.29, 1.82) is 0 Å². The van der Waals surface area contributed by atoms with Gasteiger partial charge in [0.1, 0.15) is 0 Å². The number of nitrogens with two attached hydrogens (primary N) is 1. The summed E-state index contributed by atoms with van der Waals surface area (Å²) in [5.41, 5.74) is 6.99. The van der Waals surface area contributed by atoms with Gasteiger partial charge in [-0.1, -0.05) is 32.9 Å². The minimum absolute atomic E-state index is 0. The lowest BCUT2D eigenvalue weighted by atomic mass is 9.78. The van der Waals surface area contributed by atoms with Crippen LogP contribution < -0.4 is 11.1 Å². The smallest absolute Gasteiger partial charge is 0.253 e. The Hall–Kier alpha value is -1.26. The third kappa shape index (κ3) is 4.62. The lowest BCUT2D eigenvalue weighted by Gasteiger charge is -2.40. The van der Waals surface area contributed by atoms with E-state index >= 15 is 0 Å². The maximum atomic E-state index is 12.2. The normalized spacial score (nSPS) is 21.8. The van der Waals surface area contributed by atoms with E-state index in [4.69, 9.17) is 10.5 Å². The predicted molar refractivity (Wildman–Crippen MR) is 92.4 cm³/mol. The minimum Gasteiger partial charge on any atom is -0.398 e. The number of hydrogen-bond acceptors (Lipinski definition) is 3. The van der Waals surface area contributed by atoms with Crippen LogP contribution in [-0.2, 0) is 4.74 Å². The molecule has 2 rings (SSSR count). The molecule has 22 heavy (non-hydrogen) atoms. The van der Waals surface area contributed by atoms with Crippen LogP contribution in [0.1, 0.15) is 44.0 Å². The molecule has 4 nitrogen and oxygen atoms in total. The van der Waals surface area contributed by atoms with Crippen molar-refractivity contribution < 1.29 is 9.53 Å². The molecule has 2 unspecified atom stereocenters. The van der Waals surface area contributed by atoms with Crippen molar-refractivity contribution in [2.75, 3.05) is 18.9 Å². The highest BCUT2D eigenvalue weighted by Gasteiger charge is 2.35. The molecule has 2 atom stereocenters. The van der Waals surface area contributed by atoms with Crippen LogP contribution in [0.3, 0.4) is 0 Å². The van der Waals surface area contributed by atoms with Crippen LogP contribution in [0.4, 0.5) is 5.69 Å². The molecule has 5 heteroatoms. The molecule has 1 aliphatic rings. The van der Waals surface area contributed by atoms with Crippen molar-refractivity contribution in [3.8, 4) is 0 Å². The monoisotopic (exact) mass is 326 g/mol. The van der Waals surface area contributed by atoms with E-state index in [1.165, 1.54) is 0 Å². The highest BCUT2D eigenvalue weighted by molar-refractivity contribution is 5.99. The van der Waals surface area contributed by atoms with E-state index in [2.05, 4.69) is 26.1 Å². The molecular weight excluding hydrogens is 300 g/mol. The Kier molecular flexibility index (Phi) is 6.69. The average molecular weight is 327 g/mol. The van der Waals surface area contributed by atoms with Gasteiger partial charge in [-0.3, -0.25) is 4.79 Å².